The lowest BCUT2D eigenvalue weighted by atomic mass is 9.89. The van der Waals surface area contributed by atoms with Crippen LogP contribution in [-0.2, 0) is 4.74 Å². The fraction of sp³-hybridized carbons (Fsp3) is 1.00. The van der Waals surface area contributed by atoms with Crippen molar-refractivity contribution < 1.29 is 9.13 Å². The normalized spacial score (nSPS) is 36.5. The van der Waals surface area contributed by atoms with Crippen LogP contribution >= 0.6 is 0 Å². The van der Waals surface area contributed by atoms with Gasteiger partial charge in [0.25, 0.3) is 0 Å². The number of hydrogen-bond acceptors (Lipinski definition) is 3. The second kappa shape index (κ2) is 6.31. The Morgan fingerprint density at radius 2 is 1.83 bits per heavy atom. The molecule has 0 aliphatic heterocycles. The zero-order valence-electron chi connectivity index (χ0n) is 11.8. The van der Waals surface area contributed by atoms with E-state index < -0.39 is 6.17 Å². The van der Waals surface area contributed by atoms with Crippen molar-refractivity contribution in [3.8, 4) is 0 Å². The first kappa shape index (κ1) is 14.2. The summed E-state index contributed by atoms with van der Waals surface area (Å²) < 4.78 is 18.5. The monoisotopic (exact) mass is 258 g/mol. The van der Waals surface area contributed by atoms with Crippen molar-refractivity contribution >= 4 is 0 Å². The number of rotatable bonds is 8. The van der Waals surface area contributed by atoms with Gasteiger partial charge in [0.15, 0.2) is 0 Å². The summed E-state index contributed by atoms with van der Waals surface area (Å²) in [6.45, 7) is 7.25. The highest BCUT2D eigenvalue weighted by Crippen LogP contribution is 2.26. The maximum absolute atomic E-state index is 12.7. The molecule has 2 aliphatic carbocycles. The van der Waals surface area contributed by atoms with Crippen molar-refractivity contribution in [1.82, 2.24) is 10.6 Å². The molecule has 2 N–H and O–H groups in total. The van der Waals surface area contributed by atoms with E-state index in [0.29, 0.717) is 30.7 Å². The van der Waals surface area contributed by atoms with Gasteiger partial charge in [0.05, 0.1) is 6.10 Å². The van der Waals surface area contributed by atoms with Gasteiger partial charge in [-0.3, -0.25) is 0 Å². The first-order valence-corrected chi connectivity index (χ1v) is 7.32. The summed E-state index contributed by atoms with van der Waals surface area (Å²) in [5.74, 6) is 0. The Bertz CT molecular complexity index is 256. The maximum atomic E-state index is 12.7. The number of alkyl halides is 1. The Morgan fingerprint density at radius 1 is 1.17 bits per heavy atom. The summed E-state index contributed by atoms with van der Waals surface area (Å²) in [5, 5.41) is 6.79. The summed E-state index contributed by atoms with van der Waals surface area (Å²) in [6.07, 6.45) is 3.76. The van der Waals surface area contributed by atoms with Crippen LogP contribution in [0.25, 0.3) is 0 Å². The molecule has 2 fully saturated rings. The fourth-order valence-electron chi connectivity index (χ4n) is 2.51. The van der Waals surface area contributed by atoms with Gasteiger partial charge in [-0.25, -0.2) is 4.39 Å². The molecule has 2 rings (SSSR count). The fourth-order valence-corrected chi connectivity index (χ4v) is 2.51. The second-order valence-corrected chi connectivity index (χ2v) is 6.20. The summed E-state index contributed by atoms with van der Waals surface area (Å²) in [5.41, 5.74) is 0. The van der Waals surface area contributed by atoms with Gasteiger partial charge in [-0.2, -0.15) is 0 Å². The third kappa shape index (κ3) is 4.48. The maximum Gasteiger partial charge on any atom is 0.117 e. The van der Waals surface area contributed by atoms with Crippen LogP contribution in [0.5, 0.6) is 0 Å². The van der Waals surface area contributed by atoms with E-state index in [1.807, 2.05) is 0 Å². The summed E-state index contributed by atoms with van der Waals surface area (Å²) in [6, 6.07) is 1.68. The number of halogens is 1. The van der Waals surface area contributed by atoms with Crippen LogP contribution in [0.3, 0.4) is 0 Å². The molecule has 0 aromatic rings. The van der Waals surface area contributed by atoms with E-state index in [2.05, 4.69) is 31.4 Å². The number of hydrogen-bond donors (Lipinski definition) is 2. The highest BCUT2D eigenvalue weighted by molar-refractivity contribution is 4.95. The topological polar surface area (TPSA) is 33.3 Å². The molecular formula is C14H27FN2O. The van der Waals surface area contributed by atoms with E-state index in [0.717, 1.165) is 25.9 Å². The van der Waals surface area contributed by atoms with Crippen LogP contribution in [0.1, 0.15) is 46.5 Å². The highest BCUT2D eigenvalue weighted by atomic mass is 19.1. The minimum atomic E-state index is -0.608. The zero-order valence-corrected chi connectivity index (χ0v) is 11.8. The quantitative estimate of drug-likeness (QED) is 0.699. The number of nitrogens with one attached hydrogen (secondary N) is 2. The summed E-state index contributed by atoms with van der Waals surface area (Å²) >= 11 is 0. The first-order chi connectivity index (χ1) is 8.54. The van der Waals surface area contributed by atoms with E-state index in [1.54, 1.807) is 0 Å². The Kier molecular flexibility index (Phi) is 4.98. The molecule has 0 bridgehead atoms. The lowest BCUT2D eigenvalue weighted by molar-refractivity contribution is -0.0209. The van der Waals surface area contributed by atoms with Gasteiger partial charge < -0.3 is 15.4 Å². The molecule has 0 amide bonds. The lowest BCUT2D eigenvalue weighted by Crippen LogP contribution is -2.48. The van der Waals surface area contributed by atoms with Gasteiger partial charge in [0.1, 0.15) is 6.17 Å². The molecule has 0 radical (unpaired) electrons. The van der Waals surface area contributed by atoms with E-state index in [1.165, 1.54) is 0 Å². The molecule has 2 saturated carbocycles. The Hall–Kier alpha value is -0.190. The molecule has 3 nitrogen and oxygen atoms in total. The van der Waals surface area contributed by atoms with Crippen LogP contribution in [-0.4, -0.2) is 43.0 Å². The SMILES string of the molecule is CC(C)NC1CC(OCCC(C)N[C@@H]2C[C@@H]2F)C1. The molecule has 106 valence electrons. The van der Waals surface area contributed by atoms with Crippen LogP contribution in [0.4, 0.5) is 4.39 Å². The van der Waals surface area contributed by atoms with Gasteiger partial charge in [-0.1, -0.05) is 13.8 Å². The van der Waals surface area contributed by atoms with Crippen molar-refractivity contribution in [2.24, 2.45) is 0 Å². The minimum Gasteiger partial charge on any atom is -0.378 e. The Balaban J connectivity index is 1.44. The number of ether oxygens (including phenoxy) is 1. The molecule has 0 saturated heterocycles. The van der Waals surface area contributed by atoms with Crippen molar-refractivity contribution in [2.75, 3.05) is 6.61 Å². The molecule has 0 aromatic heterocycles. The Morgan fingerprint density at radius 3 is 2.39 bits per heavy atom. The van der Waals surface area contributed by atoms with E-state index in [-0.39, 0.29) is 6.04 Å². The predicted molar refractivity (Wildman–Crippen MR) is 71.5 cm³/mol. The van der Waals surface area contributed by atoms with Gasteiger partial charge in [0, 0.05) is 30.8 Å². The average Bonchev–Trinajstić information content (AvgIpc) is 2.89. The standard InChI is InChI=1S/C14H27FN2O/c1-9(2)16-11-6-12(7-11)18-5-4-10(3)17-14-8-13(14)15/h9-14,16-17H,4-8H2,1-3H3/t10?,11?,12?,13-,14+/m0/s1. The van der Waals surface area contributed by atoms with Gasteiger partial charge in [-0.05, 0) is 32.6 Å². The van der Waals surface area contributed by atoms with Gasteiger partial charge >= 0.3 is 0 Å². The van der Waals surface area contributed by atoms with Gasteiger partial charge in [0.2, 0.25) is 0 Å². The molecule has 2 aliphatic rings. The van der Waals surface area contributed by atoms with Crippen molar-refractivity contribution in [1.29, 1.82) is 0 Å². The summed E-state index contributed by atoms with van der Waals surface area (Å²) in [4.78, 5) is 0. The van der Waals surface area contributed by atoms with E-state index >= 15 is 0 Å². The molecule has 3 atom stereocenters. The summed E-state index contributed by atoms with van der Waals surface area (Å²) in [7, 11) is 0. The van der Waals surface area contributed by atoms with Crippen LogP contribution in [0.2, 0.25) is 0 Å². The molecule has 0 aromatic carbocycles. The first-order valence-electron chi connectivity index (χ1n) is 7.32. The lowest BCUT2D eigenvalue weighted by Gasteiger charge is -2.37. The van der Waals surface area contributed by atoms with Crippen LogP contribution < -0.4 is 10.6 Å². The molecule has 18 heavy (non-hydrogen) atoms. The Labute approximate surface area is 110 Å². The van der Waals surface area contributed by atoms with Crippen LogP contribution in [0, 0.1) is 0 Å². The minimum absolute atomic E-state index is 0.114. The molecule has 0 spiro atoms. The van der Waals surface area contributed by atoms with Crippen molar-refractivity contribution in [2.45, 2.75) is 82.9 Å². The van der Waals surface area contributed by atoms with Gasteiger partial charge in [-0.15, -0.1) is 0 Å². The smallest absolute Gasteiger partial charge is 0.117 e. The molecular weight excluding hydrogens is 231 g/mol. The average molecular weight is 258 g/mol. The third-order valence-electron chi connectivity index (χ3n) is 3.78. The largest absolute Gasteiger partial charge is 0.378 e. The van der Waals surface area contributed by atoms with Crippen LogP contribution in [0.15, 0.2) is 0 Å². The zero-order chi connectivity index (χ0) is 13.1. The highest BCUT2D eigenvalue weighted by Gasteiger charge is 2.37. The predicted octanol–water partition coefficient (Wildman–Crippen LogP) is 2.01. The van der Waals surface area contributed by atoms with Crippen molar-refractivity contribution in [3.63, 3.8) is 0 Å². The molecule has 1 unspecified atom stereocenters. The second-order valence-electron chi connectivity index (χ2n) is 6.20. The van der Waals surface area contributed by atoms with E-state index in [9.17, 15) is 4.39 Å². The third-order valence-corrected chi connectivity index (χ3v) is 3.78. The molecule has 4 heteroatoms. The molecule has 0 heterocycles. The van der Waals surface area contributed by atoms with E-state index in [4.69, 9.17) is 4.74 Å². The van der Waals surface area contributed by atoms with Crippen molar-refractivity contribution in [3.05, 3.63) is 0 Å².